The number of hydrogen-bond donors (Lipinski definition) is 2. The predicted octanol–water partition coefficient (Wildman–Crippen LogP) is 2.56. The first-order chi connectivity index (χ1) is 8.54. The summed E-state index contributed by atoms with van der Waals surface area (Å²) in [6.45, 7) is 3.04. The molecule has 0 saturated carbocycles. The fraction of sp³-hybridized carbons (Fsp3) is 0.462. The lowest BCUT2D eigenvalue weighted by Crippen LogP contribution is -2.18. The van der Waals surface area contributed by atoms with E-state index >= 15 is 0 Å². The van der Waals surface area contributed by atoms with Crippen molar-refractivity contribution in [3.63, 3.8) is 0 Å². The minimum atomic E-state index is -1.10. The number of fused-ring (bicyclic) bond motifs is 1. The lowest BCUT2D eigenvalue weighted by molar-refractivity contribution is -0.123. The Morgan fingerprint density at radius 1 is 1.50 bits per heavy atom. The summed E-state index contributed by atoms with van der Waals surface area (Å²) in [5.41, 5.74) is 2.08. The topological polar surface area (TPSA) is 52.6 Å². The lowest BCUT2D eigenvalue weighted by Gasteiger charge is -2.21. The fourth-order valence-electron chi connectivity index (χ4n) is 2.06. The number of aliphatic hydroxyl groups excluding tert-OH is 1. The average molecular weight is 269 g/mol. The van der Waals surface area contributed by atoms with E-state index in [0.29, 0.717) is 16.3 Å². The molecular weight excluding hydrogens is 252 g/mol. The highest BCUT2D eigenvalue weighted by Crippen LogP contribution is 2.38. The molecular formula is C13H17ClN2O2. The van der Waals surface area contributed by atoms with Gasteiger partial charge in [-0.15, -0.1) is 0 Å². The Morgan fingerprint density at radius 3 is 2.89 bits per heavy atom. The van der Waals surface area contributed by atoms with Crippen LogP contribution >= 0.6 is 11.6 Å². The molecule has 18 heavy (non-hydrogen) atoms. The second-order valence-corrected chi connectivity index (χ2v) is 4.96. The van der Waals surface area contributed by atoms with Gasteiger partial charge in [0.05, 0.1) is 10.7 Å². The molecule has 1 aromatic carbocycles. The van der Waals surface area contributed by atoms with Crippen LogP contribution in [0.1, 0.15) is 31.4 Å². The molecule has 1 aliphatic rings. The van der Waals surface area contributed by atoms with Crippen LogP contribution in [0.25, 0.3) is 0 Å². The second kappa shape index (κ2) is 5.16. The molecule has 1 amide bonds. The van der Waals surface area contributed by atoms with Gasteiger partial charge in [-0.3, -0.25) is 4.79 Å². The first-order valence-electron chi connectivity index (χ1n) is 6.08. The van der Waals surface area contributed by atoms with Crippen LogP contribution in [-0.2, 0) is 4.79 Å². The smallest absolute Gasteiger partial charge is 0.257 e. The number of unbranched alkanes of at least 4 members (excludes halogenated alkanes) is 1. The van der Waals surface area contributed by atoms with Gasteiger partial charge in [-0.25, -0.2) is 0 Å². The van der Waals surface area contributed by atoms with Gasteiger partial charge in [0, 0.05) is 24.8 Å². The van der Waals surface area contributed by atoms with Gasteiger partial charge < -0.3 is 15.3 Å². The maximum atomic E-state index is 11.4. The molecule has 0 fully saturated rings. The van der Waals surface area contributed by atoms with E-state index in [9.17, 15) is 9.90 Å². The van der Waals surface area contributed by atoms with Crippen molar-refractivity contribution in [1.29, 1.82) is 0 Å². The zero-order chi connectivity index (χ0) is 13.3. The summed E-state index contributed by atoms with van der Waals surface area (Å²) in [6, 6.07) is 3.48. The van der Waals surface area contributed by atoms with Crippen LogP contribution in [0.4, 0.5) is 11.4 Å². The van der Waals surface area contributed by atoms with Gasteiger partial charge in [0.1, 0.15) is 0 Å². The zero-order valence-electron chi connectivity index (χ0n) is 10.5. The third-order valence-electron chi connectivity index (χ3n) is 3.18. The van der Waals surface area contributed by atoms with Gasteiger partial charge in [-0.1, -0.05) is 24.9 Å². The van der Waals surface area contributed by atoms with E-state index < -0.39 is 12.0 Å². The van der Waals surface area contributed by atoms with Gasteiger partial charge in [-0.05, 0) is 18.6 Å². The number of carbonyl (C=O) groups excluding carboxylic acids is 1. The SMILES string of the molecule is CCCCN(C)c1cc2c(cc1Cl)C(O)C(=O)N2. The van der Waals surface area contributed by atoms with E-state index in [1.807, 2.05) is 13.1 Å². The highest BCUT2D eigenvalue weighted by atomic mass is 35.5. The Labute approximate surface area is 112 Å². The van der Waals surface area contributed by atoms with E-state index in [-0.39, 0.29) is 0 Å². The number of amides is 1. The number of aliphatic hydroxyl groups is 1. The Balaban J connectivity index is 2.29. The highest BCUT2D eigenvalue weighted by molar-refractivity contribution is 6.33. The number of rotatable bonds is 4. The molecule has 0 aliphatic carbocycles. The van der Waals surface area contributed by atoms with E-state index in [1.165, 1.54) is 0 Å². The van der Waals surface area contributed by atoms with Crippen LogP contribution in [0.15, 0.2) is 12.1 Å². The van der Waals surface area contributed by atoms with Gasteiger partial charge >= 0.3 is 0 Å². The van der Waals surface area contributed by atoms with Crippen molar-refractivity contribution in [2.75, 3.05) is 23.8 Å². The number of nitrogens with zero attached hydrogens (tertiary/aromatic N) is 1. The van der Waals surface area contributed by atoms with E-state index in [1.54, 1.807) is 6.07 Å². The Hall–Kier alpha value is -1.26. The number of nitrogens with one attached hydrogen (secondary N) is 1. The van der Waals surface area contributed by atoms with Crippen molar-refractivity contribution in [3.05, 3.63) is 22.7 Å². The standard InChI is InChI=1S/C13H17ClN2O2/c1-3-4-5-16(2)11-7-10-8(6-9(11)14)12(17)13(18)15-10/h6-7,12,17H,3-5H2,1-2H3,(H,15,18). The fourth-order valence-corrected chi connectivity index (χ4v) is 2.38. The van der Waals surface area contributed by atoms with Crippen LogP contribution in [-0.4, -0.2) is 24.6 Å². The minimum absolute atomic E-state index is 0.394. The molecule has 0 bridgehead atoms. The molecule has 1 unspecified atom stereocenters. The predicted molar refractivity (Wildman–Crippen MR) is 73.2 cm³/mol. The van der Waals surface area contributed by atoms with Crippen molar-refractivity contribution < 1.29 is 9.90 Å². The van der Waals surface area contributed by atoms with E-state index in [2.05, 4.69) is 17.1 Å². The van der Waals surface area contributed by atoms with Crippen LogP contribution in [0, 0.1) is 0 Å². The molecule has 1 aromatic rings. The molecule has 2 rings (SSSR count). The molecule has 0 radical (unpaired) electrons. The number of anilines is 2. The Morgan fingerprint density at radius 2 is 2.22 bits per heavy atom. The molecule has 0 spiro atoms. The maximum Gasteiger partial charge on any atom is 0.257 e. The number of halogens is 1. The van der Waals surface area contributed by atoms with Crippen molar-refractivity contribution in [2.45, 2.75) is 25.9 Å². The summed E-state index contributed by atoms with van der Waals surface area (Å²) in [5.74, 6) is -0.394. The third-order valence-corrected chi connectivity index (χ3v) is 3.48. The van der Waals surface area contributed by atoms with Gasteiger partial charge in [0.15, 0.2) is 6.10 Å². The maximum absolute atomic E-state index is 11.4. The third kappa shape index (κ3) is 2.31. The summed E-state index contributed by atoms with van der Waals surface area (Å²) in [7, 11) is 1.97. The summed E-state index contributed by atoms with van der Waals surface area (Å²) < 4.78 is 0. The van der Waals surface area contributed by atoms with E-state index in [0.717, 1.165) is 25.1 Å². The molecule has 5 heteroatoms. The molecule has 98 valence electrons. The molecule has 4 nitrogen and oxygen atoms in total. The van der Waals surface area contributed by atoms with Crippen molar-refractivity contribution >= 4 is 28.9 Å². The van der Waals surface area contributed by atoms with Gasteiger partial charge in [-0.2, -0.15) is 0 Å². The van der Waals surface area contributed by atoms with Crippen LogP contribution < -0.4 is 10.2 Å². The first-order valence-corrected chi connectivity index (χ1v) is 6.46. The van der Waals surface area contributed by atoms with Crippen molar-refractivity contribution in [1.82, 2.24) is 0 Å². The molecule has 1 heterocycles. The van der Waals surface area contributed by atoms with Crippen molar-refractivity contribution in [3.8, 4) is 0 Å². The average Bonchev–Trinajstić information content (AvgIpc) is 2.62. The number of benzene rings is 1. The second-order valence-electron chi connectivity index (χ2n) is 4.56. The zero-order valence-corrected chi connectivity index (χ0v) is 11.3. The van der Waals surface area contributed by atoms with Gasteiger partial charge in [0.2, 0.25) is 0 Å². The summed E-state index contributed by atoms with van der Waals surface area (Å²) >= 11 is 6.20. The van der Waals surface area contributed by atoms with E-state index in [4.69, 9.17) is 11.6 Å². The summed E-state index contributed by atoms with van der Waals surface area (Å²) in [5, 5.41) is 12.9. The monoisotopic (exact) mass is 268 g/mol. The molecule has 0 saturated heterocycles. The Bertz CT molecular complexity index is 476. The summed E-state index contributed by atoms with van der Waals surface area (Å²) in [4.78, 5) is 13.4. The lowest BCUT2D eigenvalue weighted by atomic mass is 10.1. The minimum Gasteiger partial charge on any atom is -0.378 e. The van der Waals surface area contributed by atoms with Crippen LogP contribution in [0.3, 0.4) is 0 Å². The highest BCUT2D eigenvalue weighted by Gasteiger charge is 2.29. The largest absolute Gasteiger partial charge is 0.378 e. The Kier molecular flexibility index (Phi) is 3.78. The number of hydrogen-bond acceptors (Lipinski definition) is 3. The first kappa shape index (κ1) is 13.2. The molecule has 1 aliphatic heterocycles. The summed E-state index contributed by atoms with van der Waals surface area (Å²) in [6.07, 6.45) is 1.09. The normalized spacial score (nSPS) is 17.6. The number of carbonyl (C=O) groups is 1. The van der Waals surface area contributed by atoms with Gasteiger partial charge in [0.25, 0.3) is 5.91 Å². The molecule has 0 aromatic heterocycles. The quantitative estimate of drug-likeness (QED) is 0.882. The molecule has 2 N–H and O–H groups in total. The van der Waals surface area contributed by atoms with Crippen LogP contribution in [0.5, 0.6) is 0 Å². The molecule has 1 atom stereocenters. The van der Waals surface area contributed by atoms with Crippen molar-refractivity contribution in [2.24, 2.45) is 0 Å². The van der Waals surface area contributed by atoms with Crippen LogP contribution in [0.2, 0.25) is 5.02 Å².